The smallest absolute Gasteiger partial charge is 0.223 e. The highest BCUT2D eigenvalue weighted by molar-refractivity contribution is 14.0. The third-order valence-corrected chi connectivity index (χ3v) is 5.02. The topological polar surface area (TPSA) is 65.5 Å². The molecule has 0 heterocycles. The zero-order chi connectivity index (χ0) is 16.7. The van der Waals surface area contributed by atoms with Gasteiger partial charge >= 0.3 is 0 Å². The number of nitrogens with one attached hydrogen (secondary N) is 3. The van der Waals surface area contributed by atoms with Crippen LogP contribution in [0.1, 0.15) is 58.8 Å². The van der Waals surface area contributed by atoms with Gasteiger partial charge in [0.15, 0.2) is 5.96 Å². The van der Waals surface area contributed by atoms with Gasteiger partial charge in [0.2, 0.25) is 5.91 Å². The van der Waals surface area contributed by atoms with E-state index < -0.39 is 0 Å². The first kappa shape index (κ1) is 21.5. The zero-order valence-electron chi connectivity index (χ0n) is 15.5. The van der Waals surface area contributed by atoms with E-state index in [1.165, 1.54) is 32.1 Å². The fraction of sp³-hybridized carbons (Fsp3) is 0.889. The molecule has 0 aromatic heterocycles. The van der Waals surface area contributed by atoms with Crippen molar-refractivity contribution in [3.63, 3.8) is 0 Å². The molecule has 5 nitrogen and oxygen atoms in total. The highest BCUT2D eigenvalue weighted by Crippen LogP contribution is 2.42. The molecule has 0 unspecified atom stereocenters. The molecule has 2 rings (SSSR count). The van der Waals surface area contributed by atoms with Gasteiger partial charge in [0.05, 0.1) is 0 Å². The van der Waals surface area contributed by atoms with Crippen LogP contribution in [-0.2, 0) is 4.79 Å². The van der Waals surface area contributed by atoms with Crippen molar-refractivity contribution in [2.75, 3.05) is 26.7 Å². The minimum absolute atomic E-state index is 0. The van der Waals surface area contributed by atoms with Gasteiger partial charge in [-0.25, -0.2) is 0 Å². The molecule has 2 aliphatic rings. The molecule has 0 saturated heterocycles. The molecule has 0 radical (unpaired) electrons. The lowest BCUT2D eigenvalue weighted by Crippen LogP contribution is -2.45. The van der Waals surface area contributed by atoms with Crippen molar-refractivity contribution < 1.29 is 4.79 Å². The maximum Gasteiger partial charge on any atom is 0.223 e. The van der Waals surface area contributed by atoms with Gasteiger partial charge in [-0.1, -0.05) is 26.7 Å². The average molecular weight is 450 g/mol. The summed E-state index contributed by atoms with van der Waals surface area (Å²) in [5.41, 5.74) is 0.436. The lowest BCUT2D eigenvalue weighted by Gasteiger charge is -2.32. The molecule has 0 bridgehead atoms. The molecule has 24 heavy (non-hydrogen) atoms. The molecule has 2 fully saturated rings. The summed E-state index contributed by atoms with van der Waals surface area (Å²) in [6, 6.07) is 0. The van der Waals surface area contributed by atoms with E-state index in [-0.39, 0.29) is 35.8 Å². The van der Waals surface area contributed by atoms with Crippen molar-refractivity contribution in [1.29, 1.82) is 0 Å². The number of halogens is 1. The molecular weight excluding hydrogens is 415 g/mol. The number of amides is 1. The molecule has 3 N–H and O–H groups in total. The van der Waals surface area contributed by atoms with Crippen molar-refractivity contribution in [2.45, 2.75) is 58.8 Å². The molecule has 0 aromatic rings. The highest BCUT2D eigenvalue weighted by atomic mass is 127. The molecular formula is C18H35IN4O. The molecule has 0 aromatic carbocycles. The summed E-state index contributed by atoms with van der Waals surface area (Å²) in [6.45, 7) is 7.01. The number of rotatable bonds is 8. The molecule has 140 valence electrons. The second-order valence-corrected chi connectivity index (χ2v) is 7.72. The monoisotopic (exact) mass is 450 g/mol. The Morgan fingerprint density at radius 1 is 1.12 bits per heavy atom. The molecule has 2 aliphatic carbocycles. The predicted octanol–water partition coefficient (Wildman–Crippen LogP) is 2.90. The maximum absolute atomic E-state index is 11.6. The van der Waals surface area contributed by atoms with E-state index in [2.05, 4.69) is 34.8 Å². The van der Waals surface area contributed by atoms with E-state index in [0.717, 1.165) is 37.8 Å². The minimum Gasteiger partial charge on any atom is -0.356 e. The summed E-state index contributed by atoms with van der Waals surface area (Å²) in [7, 11) is 1.81. The number of hydrogen-bond acceptors (Lipinski definition) is 2. The second-order valence-electron chi connectivity index (χ2n) is 7.72. The summed E-state index contributed by atoms with van der Waals surface area (Å²) in [4.78, 5) is 15.9. The molecule has 2 saturated carbocycles. The standard InChI is InChI=1S/C18H34N4O.HI/c1-14(2)12-18(8-4-5-9-18)13-22-17(19-3)21-11-10-20-16(23)15-6-7-15;/h14-15H,4-13H2,1-3H3,(H,20,23)(H2,19,21,22);1H. The van der Waals surface area contributed by atoms with Crippen LogP contribution in [0.4, 0.5) is 0 Å². The fourth-order valence-electron chi connectivity index (χ4n) is 3.79. The van der Waals surface area contributed by atoms with E-state index in [1.54, 1.807) is 0 Å². The number of aliphatic imine (C=N–C) groups is 1. The normalized spacial score (nSPS) is 19.8. The van der Waals surface area contributed by atoms with Gasteiger partial charge in [-0.2, -0.15) is 0 Å². The Kier molecular flexibility index (Phi) is 9.37. The molecule has 0 aliphatic heterocycles. The Bertz CT molecular complexity index is 415. The molecule has 0 spiro atoms. The van der Waals surface area contributed by atoms with Crippen LogP contribution in [-0.4, -0.2) is 38.5 Å². The predicted molar refractivity (Wildman–Crippen MR) is 111 cm³/mol. The Balaban J connectivity index is 0.00000288. The fourth-order valence-corrected chi connectivity index (χ4v) is 3.79. The summed E-state index contributed by atoms with van der Waals surface area (Å²) >= 11 is 0. The number of nitrogens with zero attached hydrogens (tertiary/aromatic N) is 1. The highest BCUT2D eigenvalue weighted by Gasteiger charge is 2.34. The second kappa shape index (κ2) is 10.5. The molecule has 0 atom stereocenters. The van der Waals surface area contributed by atoms with Crippen molar-refractivity contribution in [3.8, 4) is 0 Å². The first-order valence-electron chi connectivity index (χ1n) is 9.27. The largest absolute Gasteiger partial charge is 0.356 e. The van der Waals surface area contributed by atoms with Gasteiger partial charge in [-0.05, 0) is 43.4 Å². The lowest BCUT2D eigenvalue weighted by atomic mass is 9.78. The third kappa shape index (κ3) is 7.15. The van der Waals surface area contributed by atoms with Crippen LogP contribution in [0, 0.1) is 17.3 Å². The first-order chi connectivity index (χ1) is 11.0. The number of carbonyl (C=O) groups is 1. The quantitative estimate of drug-likeness (QED) is 0.231. The SMILES string of the molecule is CN=C(NCCNC(=O)C1CC1)NCC1(CC(C)C)CCCC1.I. The maximum atomic E-state index is 11.6. The first-order valence-corrected chi connectivity index (χ1v) is 9.27. The Morgan fingerprint density at radius 3 is 2.29 bits per heavy atom. The summed E-state index contributed by atoms with van der Waals surface area (Å²) in [6.07, 6.45) is 8.76. The Hall–Kier alpha value is -0.530. The van der Waals surface area contributed by atoms with Crippen LogP contribution in [0.25, 0.3) is 0 Å². The van der Waals surface area contributed by atoms with Crippen molar-refractivity contribution >= 4 is 35.8 Å². The van der Waals surface area contributed by atoms with E-state index in [9.17, 15) is 4.79 Å². The van der Waals surface area contributed by atoms with Crippen molar-refractivity contribution in [2.24, 2.45) is 22.2 Å². The van der Waals surface area contributed by atoms with Gasteiger partial charge in [-0.15, -0.1) is 24.0 Å². The Morgan fingerprint density at radius 2 is 1.75 bits per heavy atom. The van der Waals surface area contributed by atoms with Crippen LogP contribution in [0.2, 0.25) is 0 Å². The van der Waals surface area contributed by atoms with Crippen LogP contribution in [0.5, 0.6) is 0 Å². The zero-order valence-corrected chi connectivity index (χ0v) is 17.8. The number of guanidine groups is 1. The van der Waals surface area contributed by atoms with Crippen molar-refractivity contribution in [1.82, 2.24) is 16.0 Å². The third-order valence-electron chi connectivity index (χ3n) is 5.02. The Labute approximate surface area is 164 Å². The summed E-state index contributed by atoms with van der Waals surface area (Å²) in [5.74, 6) is 2.07. The number of hydrogen-bond donors (Lipinski definition) is 3. The molecule has 6 heteroatoms. The van der Waals surface area contributed by atoms with Crippen molar-refractivity contribution in [3.05, 3.63) is 0 Å². The average Bonchev–Trinajstić information content (AvgIpc) is 3.27. The van der Waals surface area contributed by atoms with E-state index >= 15 is 0 Å². The van der Waals surface area contributed by atoms with E-state index in [1.807, 2.05) is 7.05 Å². The van der Waals surface area contributed by atoms with Gasteiger partial charge in [0.1, 0.15) is 0 Å². The van der Waals surface area contributed by atoms with Crippen LogP contribution < -0.4 is 16.0 Å². The lowest BCUT2D eigenvalue weighted by molar-refractivity contribution is -0.122. The molecule has 1 amide bonds. The van der Waals surface area contributed by atoms with Crippen LogP contribution in [0.3, 0.4) is 0 Å². The number of carbonyl (C=O) groups excluding carboxylic acids is 1. The van der Waals surface area contributed by atoms with Gasteiger partial charge in [0.25, 0.3) is 0 Å². The van der Waals surface area contributed by atoms with Gasteiger partial charge in [-0.3, -0.25) is 9.79 Å². The van der Waals surface area contributed by atoms with E-state index in [4.69, 9.17) is 0 Å². The van der Waals surface area contributed by atoms with Gasteiger partial charge < -0.3 is 16.0 Å². The minimum atomic E-state index is 0. The summed E-state index contributed by atoms with van der Waals surface area (Å²) in [5, 5.41) is 9.78. The van der Waals surface area contributed by atoms with E-state index in [0.29, 0.717) is 12.0 Å². The van der Waals surface area contributed by atoms with Crippen LogP contribution in [0.15, 0.2) is 4.99 Å². The van der Waals surface area contributed by atoms with Gasteiger partial charge in [0, 0.05) is 32.6 Å². The summed E-state index contributed by atoms with van der Waals surface area (Å²) < 4.78 is 0. The van der Waals surface area contributed by atoms with Crippen LogP contribution >= 0.6 is 24.0 Å².